The molecular weight excluding hydrogens is 258 g/mol. The molecule has 15 heavy (non-hydrogen) atoms. The molecule has 0 radical (unpaired) electrons. The second kappa shape index (κ2) is 4.35. The molecule has 0 saturated carbocycles. The average Bonchev–Trinajstić information content (AvgIpc) is 2.65. The largest absolute Gasteiger partial charge is 0.343 e. The Hall–Kier alpha value is -0.840. The predicted octanol–water partition coefficient (Wildman–Crippen LogP) is 1.83. The lowest BCUT2D eigenvalue weighted by atomic mass is 10.1. The highest BCUT2D eigenvalue weighted by Gasteiger charge is 2.22. The molecule has 2 heterocycles. The van der Waals surface area contributed by atoms with Crippen LogP contribution in [0.25, 0.3) is 0 Å². The summed E-state index contributed by atoms with van der Waals surface area (Å²) in [6.07, 6.45) is 3.97. The number of hydrogen-bond acceptors (Lipinski definition) is 2. The molecule has 0 aliphatic carbocycles. The number of likely N-dealkylation sites (tertiary alicyclic amines) is 1. The Morgan fingerprint density at radius 2 is 2.20 bits per heavy atom. The highest BCUT2D eigenvalue weighted by molar-refractivity contribution is 9.10. The first-order chi connectivity index (χ1) is 7.16. The zero-order valence-electron chi connectivity index (χ0n) is 8.69. The van der Waals surface area contributed by atoms with Gasteiger partial charge in [0.25, 0.3) is 0 Å². The molecule has 0 spiro atoms. The first kappa shape index (κ1) is 10.7. The van der Waals surface area contributed by atoms with E-state index in [9.17, 15) is 4.79 Å². The molecule has 0 bridgehead atoms. The van der Waals surface area contributed by atoms with Crippen LogP contribution in [0, 0.1) is 0 Å². The molecule has 0 N–H and O–H groups in total. The van der Waals surface area contributed by atoms with Crippen molar-refractivity contribution in [1.29, 1.82) is 0 Å². The van der Waals surface area contributed by atoms with Crippen molar-refractivity contribution in [2.45, 2.75) is 25.8 Å². The first-order valence-electron chi connectivity index (χ1n) is 5.13. The van der Waals surface area contributed by atoms with E-state index in [0.29, 0.717) is 6.04 Å². The van der Waals surface area contributed by atoms with E-state index >= 15 is 0 Å². The predicted molar refractivity (Wildman–Crippen MR) is 60.5 cm³/mol. The molecule has 1 fully saturated rings. The molecule has 2 rings (SSSR count). The van der Waals surface area contributed by atoms with Crippen LogP contribution < -0.4 is 0 Å². The topological polar surface area (TPSA) is 38.1 Å². The van der Waals surface area contributed by atoms with Crippen LogP contribution in [-0.4, -0.2) is 33.7 Å². The lowest BCUT2D eigenvalue weighted by Crippen LogP contribution is -2.37. The van der Waals surface area contributed by atoms with Crippen molar-refractivity contribution in [3.63, 3.8) is 0 Å². The maximum absolute atomic E-state index is 11.1. The average molecular weight is 272 g/mol. The van der Waals surface area contributed by atoms with Crippen molar-refractivity contribution < 1.29 is 4.79 Å². The fraction of sp³-hybridized carbons (Fsp3) is 0.600. The van der Waals surface area contributed by atoms with Gasteiger partial charge in [-0.25, -0.2) is 0 Å². The maximum atomic E-state index is 11.1. The van der Waals surface area contributed by atoms with Gasteiger partial charge in [-0.3, -0.25) is 9.48 Å². The standard InChI is InChI=1S/C10H14BrN3O/c1-8(15)13-5-2-9(3-6-13)14-7-4-10(11)12-14/h4,7,9H,2-3,5-6H2,1H3. The number of rotatable bonds is 1. The second-order valence-corrected chi connectivity index (χ2v) is 4.67. The summed E-state index contributed by atoms with van der Waals surface area (Å²) in [5.41, 5.74) is 0. The summed E-state index contributed by atoms with van der Waals surface area (Å²) in [5, 5.41) is 4.33. The lowest BCUT2D eigenvalue weighted by Gasteiger charge is -2.31. The summed E-state index contributed by atoms with van der Waals surface area (Å²) >= 11 is 3.34. The van der Waals surface area contributed by atoms with Gasteiger partial charge < -0.3 is 4.90 Å². The fourth-order valence-corrected chi connectivity index (χ4v) is 2.26. The molecule has 0 aromatic carbocycles. The Bertz CT molecular complexity index is 355. The van der Waals surface area contributed by atoms with Crippen molar-refractivity contribution >= 4 is 21.8 Å². The van der Waals surface area contributed by atoms with E-state index in [4.69, 9.17) is 0 Å². The van der Waals surface area contributed by atoms with E-state index in [1.807, 2.05) is 21.8 Å². The Morgan fingerprint density at radius 3 is 2.67 bits per heavy atom. The Balaban J connectivity index is 1.96. The smallest absolute Gasteiger partial charge is 0.219 e. The summed E-state index contributed by atoms with van der Waals surface area (Å²) in [6.45, 7) is 3.32. The van der Waals surface area contributed by atoms with E-state index in [-0.39, 0.29) is 5.91 Å². The highest BCUT2D eigenvalue weighted by Crippen LogP contribution is 2.22. The van der Waals surface area contributed by atoms with Crippen LogP contribution in [0.1, 0.15) is 25.8 Å². The summed E-state index contributed by atoms with van der Waals surface area (Å²) in [6, 6.07) is 2.38. The monoisotopic (exact) mass is 271 g/mol. The second-order valence-electron chi connectivity index (χ2n) is 3.86. The minimum Gasteiger partial charge on any atom is -0.343 e. The van der Waals surface area contributed by atoms with E-state index in [1.165, 1.54) is 0 Å². The number of amides is 1. The molecule has 1 amide bonds. The quantitative estimate of drug-likeness (QED) is 0.782. The van der Waals surface area contributed by atoms with Gasteiger partial charge in [0.05, 0.1) is 6.04 Å². The van der Waals surface area contributed by atoms with Gasteiger partial charge in [-0.1, -0.05) is 0 Å². The van der Waals surface area contributed by atoms with Gasteiger partial charge in [-0.05, 0) is 34.8 Å². The van der Waals surface area contributed by atoms with Crippen molar-refractivity contribution in [2.75, 3.05) is 13.1 Å². The minimum absolute atomic E-state index is 0.176. The molecule has 1 aromatic rings. The zero-order valence-corrected chi connectivity index (χ0v) is 10.3. The number of hydrogen-bond donors (Lipinski definition) is 0. The Morgan fingerprint density at radius 1 is 1.53 bits per heavy atom. The van der Waals surface area contributed by atoms with Crippen LogP contribution in [0.3, 0.4) is 0 Å². The van der Waals surface area contributed by atoms with E-state index in [2.05, 4.69) is 21.0 Å². The van der Waals surface area contributed by atoms with Gasteiger partial charge in [0.1, 0.15) is 4.60 Å². The summed E-state index contributed by atoms with van der Waals surface area (Å²) < 4.78 is 2.86. The molecule has 1 aliphatic rings. The van der Waals surface area contributed by atoms with Crippen molar-refractivity contribution in [3.8, 4) is 0 Å². The van der Waals surface area contributed by atoms with Crippen LogP contribution in [-0.2, 0) is 4.79 Å². The maximum Gasteiger partial charge on any atom is 0.219 e. The minimum atomic E-state index is 0.176. The third-order valence-electron chi connectivity index (χ3n) is 2.86. The third-order valence-corrected chi connectivity index (χ3v) is 3.28. The molecule has 5 heteroatoms. The molecule has 1 saturated heterocycles. The fourth-order valence-electron chi connectivity index (χ4n) is 1.96. The van der Waals surface area contributed by atoms with E-state index in [0.717, 1.165) is 30.5 Å². The van der Waals surface area contributed by atoms with Gasteiger partial charge in [-0.15, -0.1) is 0 Å². The van der Waals surface area contributed by atoms with Crippen LogP contribution in [0.15, 0.2) is 16.9 Å². The summed E-state index contributed by atoms with van der Waals surface area (Å²) in [7, 11) is 0. The SMILES string of the molecule is CC(=O)N1CCC(n2ccc(Br)n2)CC1. The molecule has 4 nitrogen and oxygen atoms in total. The number of piperidine rings is 1. The molecule has 1 aliphatic heterocycles. The van der Waals surface area contributed by atoms with Crippen LogP contribution in [0.4, 0.5) is 0 Å². The zero-order chi connectivity index (χ0) is 10.8. The van der Waals surface area contributed by atoms with Crippen LogP contribution >= 0.6 is 15.9 Å². The molecular formula is C10H14BrN3O. The molecule has 82 valence electrons. The van der Waals surface area contributed by atoms with Crippen molar-refractivity contribution in [2.24, 2.45) is 0 Å². The van der Waals surface area contributed by atoms with E-state index in [1.54, 1.807) is 6.92 Å². The Kier molecular flexibility index (Phi) is 3.09. The number of carbonyl (C=O) groups is 1. The normalized spacial score (nSPS) is 18.1. The van der Waals surface area contributed by atoms with Gasteiger partial charge in [-0.2, -0.15) is 5.10 Å². The number of halogens is 1. The summed E-state index contributed by atoms with van der Waals surface area (Å²) in [5.74, 6) is 0.176. The number of carbonyl (C=O) groups excluding carboxylic acids is 1. The van der Waals surface area contributed by atoms with Gasteiger partial charge in [0.15, 0.2) is 0 Å². The van der Waals surface area contributed by atoms with Crippen LogP contribution in [0.5, 0.6) is 0 Å². The van der Waals surface area contributed by atoms with Crippen LogP contribution in [0.2, 0.25) is 0 Å². The van der Waals surface area contributed by atoms with Gasteiger partial charge >= 0.3 is 0 Å². The first-order valence-corrected chi connectivity index (χ1v) is 5.92. The molecule has 1 aromatic heterocycles. The molecule has 0 unspecified atom stereocenters. The van der Waals surface area contributed by atoms with E-state index < -0.39 is 0 Å². The number of aromatic nitrogens is 2. The number of nitrogens with zero attached hydrogens (tertiary/aromatic N) is 3. The lowest BCUT2D eigenvalue weighted by molar-refractivity contribution is -0.130. The third kappa shape index (κ3) is 2.40. The van der Waals surface area contributed by atoms with Crippen molar-refractivity contribution in [1.82, 2.24) is 14.7 Å². The van der Waals surface area contributed by atoms with Crippen molar-refractivity contribution in [3.05, 3.63) is 16.9 Å². The van der Waals surface area contributed by atoms with Gasteiger partial charge in [0.2, 0.25) is 5.91 Å². The Labute approximate surface area is 97.4 Å². The highest BCUT2D eigenvalue weighted by atomic mass is 79.9. The summed E-state index contributed by atoms with van der Waals surface area (Å²) in [4.78, 5) is 13.0. The van der Waals surface area contributed by atoms with Gasteiger partial charge in [0, 0.05) is 26.2 Å². The molecule has 0 atom stereocenters.